The van der Waals surface area contributed by atoms with Gasteiger partial charge in [0.1, 0.15) is 0 Å². The van der Waals surface area contributed by atoms with Crippen LogP contribution >= 0.6 is 0 Å². The molecule has 2 aromatic carbocycles. The summed E-state index contributed by atoms with van der Waals surface area (Å²) in [6.07, 6.45) is 1.44. The van der Waals surface area contributed by atoms with E-state index in [9.17, 15) is 14.4 Å². The van der Waals surface area contributed by atoms with E-state index in [1.165, 1.54) is 37.6 Å². The molecular formula is C19H18N2O4. The third kappa shape index (κ3) is 5.10. The van der Waals surface area contributed by atoms with Crippen molar-refractivity contribution in [1.29, 1.82) is 0 Å². The van der Waals surface area contributed by atoms with Gasteiger partial charge < -0.3 is 4.74 Å². The maximum absolute atomic E-state index is 12.0. The number of carbonyl (C=O) groups excluding carboxylic acids is 3. The van der Waals surface area contributed by atoms with Crippen molar-refractivity contribution in [1.82, 2.24) is 5.43 Å². The molecule has 1 amide bonds. The highest BCUT2D eigenvalue weighted by Crippen LogP contribution is 2.06. The lowest BCUT2D eigenvalue weighted by molar-refractivity contribution is 0.0600. The summed E-state index contributed by atoms with van der Waals surface area (Å²) in [5.74, 6) is -0.990. The molecule has 6 nitrogen and oxygen atoms in total. The van der Waals surface area contributed by atoms with Crippen LogP contribution in [-0.2, 0) is 4.74 Å². The first-order chi connectivity index (χ1) is 12.0. The Labute approximate surface area is 145 Å². The van der Waals surface area contributed by atoms with Crippen LogP contribution in [0.1, 0.15) is 43.1 Å². The van der Waals surface area contributed by atoms with Crippen molar-refractivity contribution in [2.45, 2.75) is 13.3 Å². The van der Waals surface area contributed by atoms with Crippen molar-refractivity contribution < 1.29 is 19.1 Å². The third-order valence-electron chi connectivity index (χ3n) is 3.48. The minimum absolute atomic E-state index is 0.0829. The number of ketones is 1. The molecule has 2 aromatic rings. The van der Waals surface area contributed by atoms with Crippen molar-refractivity contribution in [3.05, 3.63) is 70.8 Å². The summed E-state index contributed by atoms with van der Waals surface area (Å²) < 4.78 is 4.59. The fourth-order valence-corrected chi connectivity index (χ4v) is 2.03. The molecule has 0 unspecified atom stereocenters. The van der Waals surface area contributed by atoms with E-state index in [0.717, 1.165) is 5.56 Å². The number of hydrazone groups is 1. The number of benzene rings is 2. The first kappa shape index (κ1) is 18.1. The van der Waals surface area contributed by atoms with E-state index >= 15 is 0 Å². The summed E-state index contributed by atoms with van der Waals surface area (Å²) in [6.45, 7) is 1.95. The molecule has 0 saturated carbocycles. The van der Waals surface area contributed by atoms with E-state index in [1.54, 1.807) is 12.1 Å². The molecule has 0 saturated heterocycles. The Morgan fingerprint density at radius 2 is 1.52 bits per heavy atom. The van der Waals surface area contributed by atoms with Gasteiger partial charge in [-0.1, -0.05) is 29.8 Å². The molecule has 0 heterocycles. The Kier molecular flexibility index (Phi) is 6.17. The molecule has 0 aliphatic heterocycles. The number of nitrogens with zero attached hydrogens (tertiary/aromatic N) is 1. The van der Waals surface area contributed by atoms with Crippen LogP contribution in [0.5, 0.6) is 0 Å². The quantitative estimate of drug-likeness (QED) is 0.380. The zero-order valence-corrected chi connectivity index (χ0v) is 14.0. The number of methoxy groups -OCH3 is 1. The zero-order valence-electron chi connectivity index (χ0n) is 14.0. The van der Waals surface area contributed by atoms with Crippen molar-refractivity contribution in [3.63, 3.8) is 0 Å². The van der Waals surface area contributed by atoms with Gasteiger partial charge in [0.05, 0.1) is 12.7 Å². The van der Waals surface area contributed by atoms with Crippen LogP contribution in [0.25, 0.3) is 0 Å². The van der Waals surface area contributed by atoms with E-state index in [1.807, 2.05) is 19.1 Å². The molecule has 6 heteroatoms. The standard InChI is InChI=1S/C19H18N2O4/c1-13-3-5-14(6-4-13)17(22)11-12-20-21-18(23)15-7-9-16(10-8-15)19(24)25-2/h3-10,12H,11H2,1-2H3,(H,21,23)/b20-12-. The normalized spacial score (nSPS) is 10.5. The predicted octanol–water partition coefficient (Wildman–Crippen LogP) is 2.77. The van der Waals surface area contributed by atoms with Gasteiger partial charge in [-0.2, -0.15) is 5.10 Å². The van der Waals surface area contributed by atoms with Gasteiger partial charge in [0.25, 0.3) is 5.91 Å². The van der Waals surface area contributed by atoms with E-state index in [0.29, 0.717) is 16.7 Å². The van der Waals surface area contributed by atoms with Crippen molar-refractivity contribution >= 4 is 23.9 Å². The molecule has 0 spiro atoms. The van der Waals surface area contributed by atoms with Crippen LogP contribution in [0.15, 0.2) is 53.6 Å². The van der Waals surface area contributed by atoms with Crippen molar-refractivity contribution in [2.75, 3.05) is 7.11 Å². The van der Waals surface area contributed by atoms with E-state index in [4.69, 9.17) is 0 Å². The van der Waals surface area contributed by atoms with Gasteiger partial charge in [-0.3, -0.25) is 9.59 Å². The number of Topliss-reactive ketones (excluding diaryl/α,β-unsaturated/α-hetero) is 1. The summed E-state index contributed by atoms with van der Waals surface area (Å²) in [5.41, 5.74) is 4.71. The highest BCUT2D eigenvalue weighted by molar-refractivity contribution is 6.04. The Balaban J connectivity index is 1.86. The summed E-state index contributed by atoms with van der Waals surface area (Å²) in [6, 6.07) is 13.2. The van der Waals surface area contributed by atoms with Crippen LogP contribution in [-0.4, -0.2) is 31.0 Å². The van der Waals surface area contributed by atoms with Crippen LogP contribution in [0.3, 0.4) is 0 Å². The third-order valence-corrected chi connectivity index (χ3v) is 3.48. The van der Waals surface area contributed by atoms with Crippen molar-refractivity contribution in [2.24, 2.45) is 5.10 Å². The molecule has 128 valence electrons. The second kappa shape index (κ2) is 8.54. The smallest absolute Gasteiger partial charge is 0.337 e. The average Bonchev–Trinajstić information content (AvgIpc) is 2.65. The molecular weight excluding hydrogens is 320 g/mol. The number of carbonyl (C=O) groups is 3. The lowest BCUT2D eigenvalue weighted by atomic mass is 10.1. The molecule has 0 radical (unpaired) electrons. The minimum Gasteiger partial charge on any atom is -0.465 e. The van der Waals surface area contributed by atoms with E-state index < -0.39 is 11.9 Å². The number of amides is 1. The maximum Gasteiger partial charge on any atom is 0.337 e. The minimum atomic E-state index is -0.473. The Morgan fingerprint density at radius 3 is 2.12 bits per heavy atom. The van der Waals surface area contributed by atoms with Crippen LogP contribution < -0.4 is 5.43 Å². The number of esters is 1. The number of rotatable bonds is 6. The number of hydrogen-bond acceptors (Lipinski definition) is 5. The predicted molar refractivity (Wildman–Crippen MR) is 93.9 cm³/mol. The topological polar surface area (TPSA) is 84.8 Å². The first-order valence-electron chi connectivity index (χ1n) is 7.61. The van der Waals surface area contributed by atoms with Gasteiger partial charge in [0.2, 0.25) is 0 Å². The summed E-state index contributed by atoms with van der Waals surface area (Å²) >= 11 is 0. The average molecular weight is 338 g/mol. The molecule has 0 atom stereocenters. The Bertz CT molecular complexity index is 793. The van der Waals surface area contributed by atoms with Gasteiger partial charge in [-0.05, 0) is 31.2 Å². The summed E-state index contributed by atoms with van der Waals surface area (Å²) in [4.78, 5) is 35.2. The molecule has 0 aliphatic carbocycles. The molecule has 0 aliphatic rings. The second-order valence-corrected chi connectivity index (χ2v) is 5.31. The Morgan fingerprint density at radius 1 is 0.960 bits per heavy atom. The zero-order chi connectivity index (χ0) is 18.2. The highest BCUT2D eigenvalue weighted by Gasteiger charge is 2.08. The fourth-order valence-electron chi connectivity index (χ4n) is 2.03. The molecule has 1 N–H and O–H groups in total. The first-order valence-corrected chi connectivity index (χ1v) is 7.61. The van der Waals surface area contributed by atoms with E-state index in [-0.39, 0.29) is 12.2 Å². The maximum atomic E-state index is 12.0. The van der Waals surface area contributed by atoms with Gasteiger partial charge in [0, 0.05) is 23.8 Å². The number of aryl methyl sites for hydroxylation is 1. The molecule has 25 heavy (non-hydrogen) atoms. The molecule has 0 aromatic heterocycles. The SMILES string of the molecule is COC(=O)c1ccc(C(=O)N/N=C\CC(=O)c2ccc(C)cc2)cc1. The van der Waals surface area contributed by atoms with Crippen LogP contribution in [0, 0.1) is 6.92 Å². The van der Waals surface area contributed by atoms with Crippen LogP contribution in [0.2, 0.25) is 0 Å². The lowest BCUT2D eigenvalue weighted by Crippen LogP contribution is -2.18. The lowest BCUT2D eigenvalue weighted by Gasteiger charge is -2.02. The number of ether oxygens (including phenoxy) is 1. The van der Waals surface area contributed by atoms with Crippen molar-refractivity contribution in [3.8, 4) is 0 Å². The molecule has 2 rings (SSSR count). The molecule has 0 fully saturated rings. The monoisotopic (exact) mass is 338 g/mol. The molecule has 0 bridgehead atoms. The van der Waals surface area contributed by atoms with Crippen LogP contribution in [0.4, 0.5) is 0 Å². The largest absolute Gasteiger partial charge is 0.465 e. The summed E-state index contributed by atoms with van der Waals surface area (Å²) in [5, 5.41) is 3.77. The fraction of sp³-hybridized carbons (Fsp3) is 0.158. The number of hydrogen-bond donors (Lipinski definition) is 1. The van der Waals surface area contributed by atoms with Gasteiger partial charge in [0.15, 0.2) is 5.78 Å². The van der Waals surface area contributed by atoms with Gasteiger partial charge >= 0.3 is 5.97 Å². The van der Waals surface area contributed by atoms with Gasteiger partial charge in [-0.15, -0.1) is 0 Å². The second-order valence-electron chi connectivity index (χ2n) is 5.31. The highest BCUT2D eigenvalue weighted by atomic mass is 16.5. The van der Waals surface area contributed by atoms with Gasteiger partial charge in [-0.25, -0.2) is 10.2 Å². The Hall–Kier alpha value is -3.28. The summed E-state index contributed by atoms with van der Waals surface area (Å²) in [7, 11) is 1.29. The van der Waals surface area contributed by atoms with E-state index in [2.05, 4.69) is 15.3 Å². The number of nitrogens with one attached hydrogen (secondary N) is 1.